The zero-order chi connectivity index (χ0) is 37.1. The summed E-state index contributed by atoms with van der Waals surface area (Å²) in [6.45, 7) is 0. The Balaban J connectivity index is 1.18. The van der Waals surface area contributed by atoms with E-state index < -0.39 is 5.41 Å². The van der Waals surface area contributed by atoms with Gasteiger partial charge in [0.1, 0.15) is 5.82 Å². The predicted molar refractivity (Wildman–Crippen MR) is 230 cm³/mol. The van der Waals surface area contributed by atoms with Crippen molar-refractivity contribution in [2.75, 3.05) is 0 Å². The van der Waals surface area contributed by atoms with Crippen molar-refractivity contribution in [3.8, 4) is 50.5 Å². The summed E-state index contributed by atoms with van der Waals surface area (Å²) in [7, 11) is 0. The van der Waals surface area contributed by atoms with E-state index in [4.69, 9.17) is 4.98 Å². The smallest absolute Gasteiger partial charge is 0.145 e. The summed E-state index contributed by atoms with van der Waals surface area (Å²) in [6.07, 6.45) is 3.87. The van der Waals surface area contributed by atoms with Crippen molar-refractivity contribution < 1.29 is 0 Å². The van der Waals surface area contributed by atoms with Gasteiger partial charge in [0.15, 0.2) is 0 Å². The van der Waals surface area contributed by atoms with Gasteiger partial charge in [0.25, 0.3) is 0 Å². The molecule has 56 heavy (non-hydrogen) atoms. The molecule has 0 radical (unpaired) electrons. The molecule has 2 heterocycles. The van der Waals surface area contributed by atoms with Gasteiger partial charge in [-0.2, -0.15) is 0 Å². The number of para-hydroxylation sites is 2. The minimum Gasteiger partial charge on any atom is -0.292 e. The predicted octanol–water partition coefficient (Wildman–Crippen LogP) is 12.9. The highest BCUT2D eigenvalue weighted by atomic mass is 15.1. The number of aromatic nitrogens is 3. The van der Waals surface area contributed by atoms with Crippen molar-refractivity contribution in [2.45, 2.75) is 5.41 Å². The molecule has 2 aromatic heterocycles. The third-order valence-corrected chi connectivity index (χ3v) is 11.6. The van der Waals surface area contributed by atoms with Gasteiger partial charge >= 0.3 is 0 Å². The van der Waals surface area contributed by atoms with Gasteiger partial charge in [-0.25, -0.2) is 4.98 Å². The van der Waals surface area contributed by atoms with Gasteiger partial charge in [0.2, 0.25) is 0 Å². The summed E-state index contributed by atoms with van der Waals surface area (Å²) in [5.41, 5.74) is 16.0. The summed E-state index contributed by atoms with van der Waals surface area (Å²) in [4.78, 5) is 9.60. The maximum Gasteiger partial charge on any atom is 0.145 e. The molecule has 0 bridgehead atoms. The molecule has 10 aromatic rings. The molecule has 0 fully saturated rings. The minimum absolute atomic E-state index is 0.506. The largest absolute Gasteiger partial charge is 0.292 e. The minimum atomic E-state index is -0.506. The van der Waals surface area contributed by atoms with E-state index in [1.807, 2.05) is 18.5 Å². The van der Waals surface area contributed by atoms with Crippen molar-refractivity contribution in [3.05, 3.63) is 235 Å². The van der Waals surface area contributed by atoms with Crippen LogP contribution < -0.4 is 0 Å². The number of benzene rings is 8. The quantitative estimate of drug-likeness (QED) is 0.172. The summed E-state index contributed by atoms with van der Waals surface area (Å²) < 4.78 is 2.28. The van der Waals surface area contributed by atoms with E-state index in [-0.39, 0.29) is 0 Å². The normalized spacial score (nSPS) is 12.8. The van der Waals surface area contributed by atoms with Gasteiger partial charge in [-0.3, -0.25) is 9.55 Å². The van der Waals surface area contributed by atoms with Crippen LogP contribution in [0, 0.1) is 0 Å². The Morgan fingerprint density at radius 1 is 0.429 bits per heavy atom. The Morgan fingerprint density at radius 3 is 1.86 bits per heavy atom. The van der Waals surface area contributed by atoms with E-state index in [1.165, 1.54) is 55.5 Å². The molecule has 0 unspecified atom stereocenters. The Morgan fingerprint density at radius 2 is 1.09 bits per heavy atom. The van der Waals surface area contributed by atoms with Crippen molar-refractivity contribution in [1.29, 1.82) is 0 Å². The molecule has 1 aliphatic rings. The summed E-state index contributed by atoms with van der Waals surface area (Å²) in [6, 6.07) is 72.6. The molecule has 0 spiro atoms. The van der Waals surface area contributed by atoms with Gasteiger partial charge in [0, 0.05) is 29.0 Å². The number of imidazole rings is 1. The number of pyridine rings is 1. The molecular weight excluding hydrogens is 679 g/mol. The molecule has 0 amide bonds. The van der Waals surface area contributed by atoms with Gasteiger partial charge in [-0.05, 0) is 103 Å². The van der Waals surface area contributed by atoms with Crippen molar-refractivity contribution in [2.24, 2.45) is 0 Å². The van der Waals surface area contributed by atoms with Crippen molar-refractivity contribution in [1.82, 2.24) is 14.5 Å². The third-order valence-electron chi connectivity index (χ3n) is 11.6. The standard InChI is InChI=1S/C53H35N3/c1-4-15-37(16-5-1)52-55-50-25-12-13-26-51(50)56(52)41-29-27-36(28-30-41)45-33-47-44-22-10-11-24-48(44)53(39-18-6-2-7-19-39,40-20-8-3-9-21-40)49(47)34-46(45)43-23-14-17-38-35-54-32-31-42(38)43/h1-35H. The zero-order valence-corrected chi connectivity index (χ0v) is 30.5. The second kappa shape index (κ2) is 12.9. The van der Waals surface area contributed by atoms with Crippen LogP contribution in [0.1, 0.15) is 22.3 Å². The summed E-state index contributed by atoms with van der Waals surface area (Å²) >= 11 is 0. The molecular formula is C53H35N3. The van der Waals surface area contributed by atoms with E-state index in [0.717, 1.165) is 39.1 Å². The second-order valence-electron chi connectivity index (χ2n) is 14.5. The number of hydrogen-bond donors (Lipinski definition) is 0. The molecule has 11 rings (SSSR count). The molecule has 0 aliphatic heterocycles. The van der Waals surface area contributed by atoms with Crippen LogP contribution in [-0.4, -0.2) is 14.5 Å². The lowest BCUT2D eigenvalue weighted by molar-refractivity contribution is 0.769. The molecule has 1 aliphatic carbocycles. The SMILES string of the molecule is c1ccc(-c2nc3ccccc3n2-c2ccc(-c3cc4c(cc3-c3cccc5cnccc35)C(c3ccccc3)(c3ccccc3)c3ccccc3-4)cc2)cc1. The summed E-state index contributed by atoms with van der Waals surface area (Å²) in [5, 5.41) is 2.30. The highest BCUT2D eigenvalue weighted by Crippen LogP contribution is 2.58. The Kier molecular flexibility index (Phi) is 7.39. The Bertz CT molecular complexity index is 3010. The maximum atomic E-state index is 5.10. The molecule has 8 aromatic carbocycles. The van der Waals surface area contributed by atoms with Crippen LogP contribution in [0.3, 0.4) is 0 Å². The fourth-order valence-corrected chi connectivity index (χ4v) is 9.17. The van der Waals surface area contributed by atoms with Crippen LogP contribution >= 0.6 is 0 Å². The first-order valence-corrected chi connectivity index (χ1v) is 19.2. The van der Waals surface area contributed by atoms with Gasteiger partial charge in [-0.15, -0.1) is 0 Å². The van der Waals surface area contributed by atoms with Gasteiger partial charge in [0.05, 0.1) is 16.4 Å². The lowest BCUT2D eigenvalue weighted by Crippen LogP contribution is -2.28. The molecule has 3 nitrogen and oxygen atoms in total. The molecule has 0 N–H and O–H groups in total. The highest BCUT2D eigenvalue weighted by molar-refractivity contribution is 6.03. The van der Waals surface area contributed by atoms with E-state index in [2.05, 4.69) is 204 Å². The first kappa shape index (κ1) is 32.1. The zero-order valence-electron chi connectivity index (χ0n) is 30.5. The van der Waals surface area contributed by atoms with E-state index >= 15 is 0 Å². The maximum absolute atomic E-state index is 5.10. The summed E-state index contributed by atoms with van der Waals surface area (Å²) in [5.74, 6) is 0.928. The van der Waals surface area contributed by atoms with Crippen LogP contribution in [0.25, 0.3) is 72.3 Å². The van der Waals surface area contributed by atoms with Crippen LogP contribution in [0.5, 0.6) is 0 Å². The Hall–Kier alpha value is -7.36. The number of nitrogens with zero attached hydrogens (tertiary/aromatic N) is 3. The van der Waals surface area contributed by atoms with Gasteiger partial charge in [-0.1, -0.05) is 158 Å². The topological polar surface area (TPSA) is 30.7 Å². The lowest BCUT2D eigenvalue weighted by Gasteiger charge is -2.34. The molecule has 3 heteroatoms. The second-order valence-corrected chi connectivity index (χ2v) is 14.5. The lowest BCUT2D eigenvalue weighted by atomic mass is 9.67. The van der Waals surface area contributed by atoms with Crippen LogP contribution in [0.4, 0.5) is 0 Å². The number of rotatable bonds is 6. The van der Waals surface area contributed by atoms with Crippen LogP contribution in [0.2, 0.25) is 0 Å². The van der Waals surface area contributed by atoms with Crippen molar-refractivity contribution >= 4 is 21.8 Å². The average Bonchev–Trinajstić information content (AvgIpc) is 3.81. The monoisotopic (exact) mass is 713 g/mol. The van der Waals surface area contributed by atoms with E-state index in [1.54, 1.807) is 0 Å². The molecule has 262 valence electrons. The Labute approximate surface area is 325 Å². The van der Waals surface area contributed by atoms with E-state index in [9.17, 15) is 0 Å². The van der Waals surface area contributed by atoms with Crippen LogP contribution in [0.15, 0.2) is 213 Å². The van der Waals surface area contributed by atoms with Crippen molar-refractivity contribution in [3.63, 3.8) is 0 Å². The fourth-order valence-electron chi connectivity index (χ4n) is 9.17. The van der Waals surface area contributed by atoms with E-state index in [0.29, 0.717) is 0 Å². The molecule has 0 saturated carbocycles. The first-order chi connectivity index (χ1) is 27.8. The molecule has 0 atom stereocenters. The average molecular weight is 714 g/mol. The van der Waals surface area contributed by atoms with Crippen LogP contribution in [-0.2, 0) is 5.41 Å². The third kappa shape index (κ3) is 4.84. The number of fused-ring (bicyclic) bond motifs is 5. The number of hydrogen-bond acceptors (Lipinski definition) is 2. The highest BCUT2D eigenvalue weighted by Gasteiger charge is 2.46. The fraction of sp³-hybridized carbons (Fsp3) is 0.0189. The molecule has 0 saturated heterocycles. The van der Waals surface area contributed by atoms with Gasteiger partial charge < -0.3 is 0 Å². The first-order valence-electron chi connectivity index (χ1n) is 19.2.